The van der Waals surface area contributed by atoms with Crippen molar-refractivity contribution in [3.63, 3.8) is 0 Å². The summed E-state index contributed by atoms with van der Waals surface area (Å²) in [7, 11) is 1.36. The number of hydrogen-bond acceptors (Lipinski definition) is 5. The van der Waals surface area contributed by atoms with Crippen LogP contribution < -0.4 is 20.8 Å². The Balaban J connectivity index is 1.99. The van der Waals surface area contributed by atoms with E-state index >= 15 is 4.39 Å². The van der Waals surface area contributed by atoms with Crippen molar-refractivity contribution in [2.75, 3.05) is 25.1 Å². The van der Waals surface area contributed by atoms with Gasteiger partial charge in [0.25, 0.3) is 0 Å². The van der Waals surface area contributed by atoms with E-state index in [0.29, 0.717) is 13.1 Å². The van der Waals surface area contributed by atoms with Crippen LogP contribution in [0.15, 0.2) is 17.1 Å². The van der Waals surface area contributed by atoms with Gasteiger partial charge in [-0.2, -0.15) is 0 Å². The van der Waals surface area contributed by atoms with Crippen molar-refractivity contribution in [3.05, 3.63) is 33.9 Å². The molecule has 2 aliphatic rings. The number of anilines is 1. The Hall–Kier alpha value is -2.68. The van der Waals surface area contributed by atoms with Gasteiger partial charge in [-0.05, 0) is 24.8 Å². The normalized spacial score (nSPS) is 27.9. The fourth-order valence-corrected chi connectivity index (χ4v) is 4.97. The lowest BCUT2D eigenvalue weighted by molar-refractivity contribution is 0.0694. The summed E-state index contributed by atoms with van der Waals surface area (Å²) in [5, 5.41) is 9.28. The Morgan fingerprint density at radius 1 is 1.42 bits per heavy atom. The fraction of sp³-hybridized carbons (Fsp3) is 0.545. The topological polar surface area (TPSA) is 97.8 Å². The van der Waals surface area contributed by atoms with Crippen molar-refractivity contribution in [1.29, 1.82) is 0 Å². The van der Waals surface area contributed by atoms with Crippen molar-refractivity contribution >= 4 is 22.6 Å². The smallest absolute Gasteiger partial charge is 0.341 e. The number of nitrogens with two attached hydrogens (primary N) is 1. The molecule has 0 amide bonds. The average molecular weight is 435 g/mol. The van der Waals surface area contributed by atoms with Gasteiger partial charge in [0.15, 0.2) is 11.6 Å². The third-order valence-electron chi connectivity index (χ3n) is 6.59. The van der Waals surface area contributed by atoms with Crippen LogP contribution in [0.5, 0.6) is 5.75 Å². The summed E-state index contributed by atoms with van der Waals surface area (Å²) in [5.74, 6) is -1.70. The summed E-state index contributed by atoms with van der Waals surface area (Å²) in [5.41, 5.74) is 4.95. The zero-order valence-electron chi connectivity index (χ0n) is 18.0. The molecule has 7 nitrogen and oxygen atoms in total. The van der Waals surface area contributed by atoms with E-state index in [4.69, 9.17) is 10.5 Å². The van der Waals surface area contributed by atoms with E-state index in [9.17, 15) is 19.1 Å². The second kappa shape index (κ2) is 7.19. The molecule has 3 N–H and O–H groups in total. The number of halogens is 2. The molecule has 0 radical (unpaired) electrons. The number of benzene rings is 1. The first-order valence-electron chi connectivity index (χ1n) is 10.3. The molecule has 1 saturated carbocycles. The van der Waals surface area contributed by atoms with E-state index in [1.165, 1.54) is 11.7 Å². The van der Waals surface area contributed by atoms with Gasteiger partial charge in [-0.1, -0.05) is 13.8 Å². The SMILES string of the molecule is COc1c(N2CC(C(C)C)C(C)(N)C2)c(F)cc2c(=O)c(C(=O)O)cn([C@@H]3C[C@@H]3F)c12. The number of pyridine rings is 1. The van der Waals surface area contributed by atoms with E-state index in [1.807, 2.05) is 6.92 Å². The van der Waals surface area contributed by atoms with E-state index in [-0.39, 0.29) is 40.6 Å². The number of alkyl halides is 1. The molecule has 1 aromatic heterocycles. The van der Waals surface area contributed by atoms with Gasteiger partial charge >= 0.3 is 5.97 Å². The maximum Gasteiger partial charge on any atom is 0.341 e. The molecule has 31 heavy (non-hydrogen) atoms. The third kappa shape index (κ3) is 3.35. The Kier molecular flexibility index (Phi) is 4.99. The zero-order valence-corrected chi connectivity index (χ0v) is 18.0. The van der Waals surface area contributed by atoms with E-state index in [2.05, 4.69) is 13.8 Å². The Morgan fingerprint density at radius 2 is 2.06 bits per heavy atom. The van der Waals surface area contributed by atoms with Crippen LogP contribution in [0.25, 0.3) is 10.9 Å². The van der Waals surface area contributed by atoms with Gasteiger partial charge in [-0.3, -0.25) is 4.79 Å². The molecule has 2 heterocycles. The lowest BCUT2D eigenvalue weighted by atomic mass is 9.82. The van der Waals surface area contributed by atoms with Crippen LogP contribution in [0.1, 0.15) is 43.6 Å². The largest absolute Gasteiger partial charge is 0.492 e. The highest BCUT2D eigenvalue weighted by atomic mass is 19.1. The van der Waals surface area contributed by atoms with Crippen LogP contribution in [0, 0.1) is 17.7 Å². The van der Waals surface area contributed by atoms with Crippen molar-refractivity contribution in [2.24, 2.45) is 17.6 Å². The molecule has 4 atom stereocenters. The highest BCUT2D eigenvalue weighted by molar-refractivity contribution is 5.97. The standard InChI is InChI=1S/C22H27F2N3O4/c1-10(2)13-8-26(9-22(13,3)25)18-15(24)5-11-17(20(18)31-4)27(16-6-14(16)23)7-12(19(11)28)21(29)30/h5,7,10,13-14,16H,6,8-9,25H2,1-4H3,(H,29,30)/t13?,14-,16+,22?/m0/s1. The maximum absolute atomic E-state index is 15.4. The number of rotatable bonds is 5. The predicted octanol–water partition coefficient (Wildman–Crippen LogP) is 2.94. The van der Waals surface area contributed by atoms with Gasteiger partial charge < -0.3 is 25.0 Å². The third-order valence-corrected chi connectivity index (χ3v) is 6.59. The Bertz CT molecular complexity index is 1130. The number of methoxy groups -OCH3 is 1. The highest BCUT2D eigenvalue weighted by Gasteiger charge is 2.44. The van der Waals surface area contributed by atoms with Gasteiger partial charge in [0.1, 0.15) is 17.4 Å². The van der Waals surface area contributed by atoms with Gasteiger partial charge in [0, 0.05) is 31.2 Å². The summed E-state index contributed by atoms with van der Waals surface area (Å²) in [6.07, 6.45) is 0.150. The number of carboxylic acid groups (broad SMARTS) is 1. The number of aromatic nitrogens is 1. The van der Waals surface area contributed by atoms with Crippen LogP contribution in [0.4, 0.5) is 14.5 Å². The molecule has 1 saturated heterocycles. The number of hydrogen-bond donors (Lipinski definition) is 2. The van der Waals surface area contributed by atoms with Crippen LogP contribution >= 0.6 is 0 Å². The molecule has 2 unspecified atom stereocenters. The fourth-order valence-electron chi connectivity index (χ4n) is 4.97. The maximum atomic E-state index is 15.4. The first kappa shape index (κ1) is 21.5. The molecule has 1 aliphatic carbocycles. The molecule has 2 fully saturated rings. The minimum Gasteiger partial charge on any atom is -0.492 e. The lowest BCUT2D eigenvalue weighted by Gasteiger charge is -2.28. The van der Waals surface area contributed by atoms with E-state index < -0.39 is 40.5 Å². The van der Waals surface area contributed by atoms with E-state index in [0.717, 1.165) is 12.3 Å². The van der Waals surface area contributed by atoms with Crippen molar-refractivity contribution in [1.82, 2.24) is 4.57 Å². The zero-order chi connectivity index (χ0) is 22.8. The van der Waals surface area contributed by atoms with Gasteiger partial charge in [-0.25, -0.2) is 13.6 Å². The molecule has 2 aromatic rings. The lowest BCUT2D eigenvalue weighted by Crippen LogP contribution is -2.46. The first-order valence-corrected chi connectivity index (χ1v) is 10.3. The molecular weight excluding hydrogens is 408 g/mol. The highest BCUT2D eigenvalue weighted by Crippen LogP contribution is 2.46. The minimum absolute atomic E-state index is 0.0864. The Labute approximate surface area is 178 Å². The summed E-state index contributed by atoms with van der Waals surface area (Å²) >= 11 is 0. The van der Waals surface area contributed by atoms with Crippen LogP contribution in [0.2, 0.25) is 0 Å². The molecule has 168 valence electrons. The summed E-state index contributed by atoms with van der Waals surface area (Å²) in [4.78, 5) is 26.2. The molecule has 9 heteroatoms. The monoisotopic (exact) mass is 435 g/mol. The van der Waals surface area contributed by atoms with Crippen LogP contribution in [-0.2, 0) is 0 Å². The number of aromatic carboxylic acids is 1. The summed E-state index contributed by atoms with van der Waals surface area (Å²) in [6, 6.07) is 0.403. The number of fused-ring (bicyclic) bond motifs is 1. The quantitative estimate of drug-likeness (QED) is 0.750. The second-order valence-corrected chi connectivity index (χ2v) is 9.28. The summed E-state index contributed by atoms with van der Waals surface area (Å²) < 4.78 is 36.4. The average Bonchev–Trinajstić information content (AvgIpc) is 3.30. The molecule has 4 rings (SSSR count). The number of ether oxygens (including phenoxy) is 1. The number of nitrogens with zero attached hydrogens (tertiary/aromatic N) is 2. The minimum atomic E-state index is -1.45. The van der Waals surface area contributed by atoms with Gasteiger partial charge in [0.2, 0.25) is 5.43 Å². The second-order valence-electron chi connectivity index (χ2n) is 9.28. The molecular formula is C22H27F2N3O4. The van der Waals surface area contributed by atoms with E-state index in [1.54, 1.807) is 4.90 Å². The predicted molar refractivity (Wildman–Crippen MR) is 113 cm³/mol. The van der Waals surface area contributed by atoms with Gasteiger partial charge in [0.05, 0.1) is 24.1 Å². The molecule has 0 spiro atoms. The summed E-state index contributed by atoms with van der Waals surface area (Å²) in [6.45, 7) is 6.92. The number of carbonyl (C=O) groups is 1. The molecule has 1 aromatic carbocycles. The number of carboxylic acids is 1. The van der Waals surface area contributed by atoms with Gasteiger partial charge in [-0.15, -0.1) is 0 Å². The first-order chi connectivity index (χ1) is 14.5. The molecule has 1 aliphatic heterocycles. The Morgan fingerprint density at radius 3 is 2.55 bits per heavy atom. The van der Waals surface area contributed by atoms with Crippen molar-refractivity contribution in [2.45, 2.75) is 44.9 Å². The molecule has 0 bridgehead atoms. The van der Waals surface area contributed by atoms with Crippen LogP contribution in [0.3, 0.4) is 0 Å². The van der Waals surface area contributed by atoms with Crippen molar-refractivity contribution < 1.29 is 23.4 Å². The van der Waals surface area contributed by atoms with Crippen molar-refractivity contribution in [3.8, 4) is 5.75 Å². The van der Waals surface area contributed by atoms with Crippen LogP contribution in [-0.4, -0.2) is 47.6 Å².